The summed E-state index contributed by atoms with van der Waals surface area (Å²) in [6, 6.07) is 2.01. The molecule has 3 fully saturated rings. The van der Waals surface area contributed by atoms with Crippen LogP contribution in [0.4, 0.5) is 0 Å². The third-order valence-corrected chi connectivity index (χ3v) is 9.03. The standard InChI is InChI=1S/C25H34N2O2/c1-4-27-12-9-18(26-27)13-16-14-22-20-6-5-17-15-19(28)7-10-24(17,2)21(20)8-11-25(22,3)23(16)29/h5,9,12-13,19-22,28H,4,6-8,10-11,14-15H2,1-3H3/b16-13-/t19-,20+,21-,22-,24+,25-/m1/s1. The molecule has 1 aromatic heterocycles. The summed E-state index contributed by atoms with van der Waals surface area (Å²) >= 11 is 0. The Kier molecular flexibility index (Phi) is 4.43. The zero-order valence-corrected chi connectivity index (χ0v) is 18.0. The summed E-state index contributed by atoms with van der Waals surface area (Å²) in [7, 11) is 0. The minimum Gasteiger partial charge on any atom is -0.393 e. The summed E-state index contributed by atoms with van der Waals surface area (Å²) in [5, 5.41) is 14.8. The highest BCUT2D eigenvalue weighted by Gasteiger charge is 2.59. The van der Waals surface area contributed by atoms with E-state index < -0.39 is 0 Å². The first-order valence-corrected chi connectivity index (χ1v) is 11.5. The maximum absolute atomic E-state index is 13.5. The number of Topliss-reactive ketones (excluding diaryl/α,β-unsaturated/α-hetero) is 1. The molecule has 0 aliphatic heterocycles. The molecule has 1 heterocycles. The molecular weight excluding hydrogens is 360 g/mol. The first kappa shape index (κ1) is 19.3. The second-order valence-electron chi connectivity index (χ2n) is 10.4. The van der Waals surface area contributed by atoms with Crippen molar-refractivity contribution in [1.82, 2.24) is 9.78 Å². The van der Waals surface area contributed by atoms with E-state index in [1.807, 2.05) is 16.9 Å². The van der Waals surface area contributed by atoms with Crippen LogP contribution in [0.15, 0.2) is 29.5 Å². The molecule has 4 aliphatic rings. The molecule has 0 spiro atoms. The number of hydrogen-bond donors (Lipinski definition) is 1. The largest absolute Gasteiger partial charge is 0.393 e. The molecule has 0 saturated heterocycles. The van der Waals surface area contributed by atoms with E-state index >= 15 is 0 Å². The Morgan fingerprint density at radius 1 is 1.21 bits per heavy atom. The lowest BCUT2D eigenvalue weighted by Gasteiger charge is -2.56. The van der Waals surface area contributed by atoms with Crippen LogP contribution in [0.25, 0.3) is 6.08 Å². The van der Waals surface area contributed by atoms with Gasteiger partial charge >= 0.3 is 0 Å². The van der Waals surface area contributed by atoms with Crippen molar-refractivity contribution in [3.63, 3.8) is 0 Å². The molecule has 6 atom stereocenters. The van der Waals surface area contributed by atoms with Gasteiger partial charge < -0.3 is 5.11 Å². The van der Waals surface area contributed by atoms with Gasteiger partial charge in [-0.05, 0) is 92.8 Å². The molecular formula is C25H34N2O2. The third kappa shape index (κ3) is 2.82. The van der Waals surface area contributed by atoms with E-state index in [4.69, 9.17) is 0 Å². The van der Waals surface area contributed by atoms with Crippen molar-refractivity contribution in [2.45, 2.75) is 78.4 Å². The van der Waals surface area contributed by atoms with Gasteiger partial charge in [-0.25, -0.2) is 0 Å². The Bertz CT molecular complexity index is 896. The number of ketones is 1. The maximum atomic E-state index is 13.5. The van der Waals surface area contributed by atoms with Crippen LogP contribution in [0.5, 0.6) is 0 Å². The molecule has 0 aromatic carbocycles. The molecule has 3 saturated carbocycles. The predicted molar refractivity (Wildman–Crippen MR) is 114 cm³/mol. The molecule has 0 amide bonds. The number of carbonyl (C=O) groups excluding carboxylic acids is 1. The van der Waals surface area contributed by atoms with Gasteiger partial charge in [-0.1, -0.05) is 25.5 Å². The molecule has 0 radical (unpaired) electrons. The van der Waals surface area contributed by atoms with Gasteiger partial charge in [0, 0.05) is 18.2 Å². The van der Waals surface area contributed by atoms with Crippen molar-refractivity contribution in [2.24, 2.45) is 28.6 Å². The lowest BCUT2D eigenvalue weighted by molar-refractivity contribution is -0.130. The normalized spacial score (nSPS) is 43.0. The highest BCUT2D eigenvalue weighted by atomic mass is 16.3. The van der Waals surface area contributed by atoms with E-state index in [1.54, 1.807) is 0 Å². The Hall–Kier alpha value is -1.68. The lowest BCUT2D eigenvalue weighted by Crippen LogP contribution is -2.50. The minimum atomic E-state index is -0.212. The summed E-state index contributed by atoms with van der Waals surface area (Å²) in [6.45, 7) is 7.60. The molecule has 1 aromatic rings. The second-order valence-corrected chi connectivity index (χ2v) is 10.4. The molecule has 4 nitrogen and oxygen atoms in total. The summed E-state index contributed by atoms with van der Waals surface area (Å²) in [6.07, 6.45) is 13.3. The van der Waals surface area contributed by atoms with Gasteiger partial charge in [0.25, 0.3) is 0 Å². The zero-order chi connectivity index (χ0) is 20.4. The highest BCUT2D eigenvalue weighted by Crippen LogP contribution is 2.64. The van der Waals surface area contributed by atoms with Gasteiger partial charge in [-0.2, -0.15) is 5.10 Å². The molecule has 156 valence electrons. The van der Waals surface area contributed by atoms with E-state index in [2.05, 4.69) is 38.0 Å². The quantitative estimate of drug-likeness (QED) is 0.580. The number of aromatic nitrogens is 2. The van der Waals surface area contributed by atoms with E-state index in [-0.39, 0.29) is 16.9 Å². The summed E-state index contributed by atoms with van der Waals surface area (Å²) in [5.41, 5.74) is 3.40. The lowest BCUT2D eigenvalue weighted by atomic mass is 9.48. The predicted octanol–water partition coefficient (Wildman–Crippen LogP) is 4.79. The monoisotopic (exact) mass is 394 g/mol. The van der Waals surface area contributed by atoms with Crippen molar-refractivity contribution in [2.75, 3.05) is 0 Å². The first-order valence-electron chi connectivity index (χ1n) is 11.5. The Labute approximate surface area is 174 Å². The van der Waals surface area contributed by atoms with Crippen LogP contribution in [0.2, 0.25) is 0 Å². The van der Waals surface area contributed by atoms with Crippen molar-refractivity contribution in [3.8, 4) is 0 Å². The van der Waals surface area contributed by atoms with Crippen molar-refractivity contribution in [1.29, 1.82) is 0 Å². The highest BCUT2D eigenvalue weighted by molar-refractivity contribution is 6.05. The van der Waals surface area contributed by atoms with Crippen LogP contribution in [-0.4, -0.2) is 26.8 Å². The zero-order valence-electron chi connectivity index (χ0n) is 18.0. The number of aryl methyl sites for hydroxylation is 1. The number of carbonyl (C=O) groups is 1. The average molecular weight is 395 g/mol. The van der Waals surface area contributed by atoms with Crippen molar-refractivity contribution < 1.29 is 9.90 Å². The number of fused-ring (bicyclic) bond motifs is 5. The van der Waals surface area contributed by atoms with Crippen LogP contribution < -0.4 is 0 Å². The number of allylic oxidation sites excluding steroid dienone is 2. The fourth-order valence-electron chi connectivity index (χ4n) is 7.25. The molecule has 1 N–H and O–H groups in total. The van der Waals surface area contributed by atoms with E-state index in [1.165, 1.54) is 5.57 Å². The Morgan fingerprint density at radius 2 is 2.00 bits per heavy atom. The Morgan fingerprint density at radius 3 is 2.76 bits per heavy atom. The molecule has 29 heavy (non-hydrogen) atoms. The average Bonchev–Trinajstić information content (AvgIpc) is 3.26. The fourth-order valence-corrected chi connectivity index (χ4v) is 7.25. The minimum absolute atomic E-state index is 0.162. The third-order valence-electron chi connectivity index (χ3n) is 9.03. The van der Waals surface area contributed by atoms with Crippen LogP contribution in [0.3, 0.4) is 0 Å². The van der Waals surface area contributed by atoms with E-state index in [0.717, 1.165) is 62.8 Å². The molecule has 0 bridgehead atoms. The number of nitrogens with zero attached hydrogens (tertiary/aromatic N) is 2. The van der Waals surface area contributed by atoms with E-state index in [0.29, 0.717) is 23.5 Å². The number of rotatable bonds is 2. The Balaban J connectivity index is 1.46. The molecule has 0 unspecified atom stereocenters. The fraction of sp³-hybridized carbons (Fsp3) is 0.680. The topological polar surface area (TPSA) is 55.1 Å². The van der Waals surface area contributed by atoms with Crippen LogP contribution >= 0.6 is 0 Å². The van der Waals surface area contributed by atoms with Gasteiger partial charge in [0.15, 0.2) is 5.78 Å². The van der Waals surface area contributed by atoms with Gasteiger partial charge in [-0.3, -0.25) is 9.48 Å². The van der Waals surface area contributed by atoms with E-state index in [9.17, 15) is 9.90 Å². The summed E-state index contributed by atoms with van der Waals surface area (Å²) < 4.78 is 1.92. The van der Waals surface area contributed by atoms with Crippen LogP contribution in [0, 0.1) is 28.6 Å². The molecule has 5 rings (SSSR count). The van der Waals surface area contributed by atoms with Crippen LogP contribution in [-0.2, 0) is 11.3 Å². The smallest absolute Gasteiger partial charge is 0.165 e. The molecule has 4 heteroatoms. The SMILES string of the molecule is CCn1ccc(/C=C2/C[C@@H]3[C@H]4CC=C5C[C@H](O)CC[C@]5(C)[C@@H]4CC[C@@]3(C)C2=O)n1. The van der Waals surface area contributed by atoms with Crippen LogP contribution in [0.1, 0.15) is 71.4 Å². The van der Waals surface area contributed by atoms with Gasteiger partial charge in [0.05, 0.1) is 11.8 Å². The van der Waals surface area contributed by atoms with Crippen molar-refractivity contribution >= 4 is 11.9 Å². The number of aliphatic hydroxyl groups excluding tert-OH is 1. The summed E-state index contributed by atoms with van der Waals surface area (Å²) in [5.74, 6) is 2.04. The maximum Gasteiger partial charge on any atom is 0.165 e. The van der Waals surface area contributed by atoms with Crippen molar-refractivity contribution in [3.05, 3.63) is 35.2 Å². The summed E-state index contributed by atoms with van der Waals surface area (Å²) in [4.78, 5) is 13.5. The van der Waals surface area contributed by atoms with Gasteiger partial charge in [-0.15, -0.1) is 0 Å². The number of aliphatic hydroxyl groups is 1. The second kappa shape index (κ2) is 6.66. The number of hydrogen-bond acceptors (Lipinski definition) is 3. The first-order chi connectivity index (χ1) is 13.8. The van der Waals surface area contributed by atoms with Gasteiger partial charge in [0.2, 0.25) is 0 Å². The van der Waals surface area contributed by atoms with Gasteiger partial charge in [0.1, 0.15) is 0 Å². The molecule has 4 aliphatic carbocycles.